The van der Waals surface area contributed by atoms with E-state index in [-0.39, 0.29) is 5.41 Å². The second kappa shape index (κ2) is 7.14. The molecule has 0 saturated heterocycles. The Balaban J connectivity index is 2.44. The summed E-state index contributed by atoms with van der Waals surface area (Å²) in [6, 6.07) is 6.76. The topological polar surface area (TPSA) is 44.8 Å². The second-order valence-electron chi connectivity index (χ2n) is 5.32. The molecule has 0 fully saturated rings. The SMILES string of the molecule is CCCOc1ccc(C(=O)OO[CH]C(C)(C)C)cc1. The summed E-state index contributed by atoms with van der Waals surface area (Å²) in [6.07, 6.45) is 0.945. The van der Waals surface area contributed by atoms with Gasteiger partial charge in [0.05, 0.1) is 12.2 Å². The highest BCUT2D eigenvalue weighted by Gasteiger charge is 2.15. The van der Waals surface area contributed by atoms with Crippen LogP contribution in [0.3, 0.4) is 0 Å². The van der Waals surface area contributed by atoms with E-state index >= 15 is 0 Å². The Morgan fingerprint density at radius 1 is 1.21 bits per heavy atom. The van der Waals surface area contributed by atoms with Crippen molar-refractivity contribution in [2.75, 3.05) is 6.61 Å². The van der Waals surface area contributed by atoms with Gasteiger partial charge in [-0.1, -0.05) is 27.7 Å². The van der Waals surface area contributed by atoms with E-state index in [0.29, 0.717) is 12.2 Å². The fourth-order valence-electron chi connectivity index (χ4n) is 1.17. The summed E-state index contributed by atoms with van der Waals surface area (Å²) in [6.45, 7) is 10.0. The average molecular weight is 265 g/mol. The third-order valence-electron chi connectivity index (χ3n) is 2.09. The summed E-state index contributed by atoms with van der Waals surface area (Å²) < 4.78 is 5.43. The molecular weight excluding hydrogens is 244 g/mol. The van der Waals surface area contributed by atoms with Crippen LogP contribution in [0.1, 0.15) is 44.5 Å². The lowest BCUT2D eigenvalue weighted by molar-refractivity contribution is -0.224. The van der Waals surface area contributed by atoms with Crippen molar-refractivity contribution in [2.45, 2.75) is 34.1 Å². The molecule has 0 saturated carbocycles. The van der Waals surface area contributed by atoms with Crippen LogP contribution in [-0.4, -0.2) is 12.6 Å². The zero-order valence-electron chi connectivity index (χ0n) is 11.9. The third-order valence-corrected chi connectivity index (χ3v) is 2.09. The molecule has 0 amide bonds. The Labute approximate surface area is 114 Å². The van der Waals surface area contributed by atoms with Crippen molar-refractivity contribution in [1.82, 2.24) is 0 Å². The monoisotopic (exact) mass is 265 g/mol. The van der Waals surface area contributed by atoms with Gasteiger partial charge in [0.1, 0.15) is 12.4 Å². The van der Waals surface area contributed by atoms with Crippen molar-refractivity contribution in [3.05, 3.63) is 36.4 Å². The molecule has 0 aliphatic carbocycles. The highest BCUT2D eigenvalue weighted by atomic mass is 17.2. The molecule has 0 N–H and O–H groups in total. The van der Waals surface area contributed by atoms with E-state index < -0.39 is 5.97 Å². The van der Waals surface area contributed by atoms with Crippen LogP contribution in [0, 0.1) is 12.0 Å². The van der Waals surface area contributed by atoms with Crippen molar-refractivity contribution >= 4 is 5.97 Å². The molecule has 4 nitrogen and oxygen atoms in total. The summed E-state index contributed by atoms with van der Waals surface area (Å²) in [4.78, 5) is 21.1. The van der Waals surface area contributed by atoms with Gasteiger partial charge in [-0.05, 0) is 36.1 Å². The molecule has 0 unspecified atom stereocenters. The fourth-order valence-corrected chi connectivity index (χ4v) is 1.17. The Morgan fingerprint density at radius 3 is 2.37 bits per heavy atom. The van der Waals surface area contributed by atoms with Gasteiger partial charge in [0, 0.05) is 0 Å². The molecule has 1 aromatic rings. The van der Waals surface area contributed by atoms with Crippen molar-refractivity contribution < 1.29 is 19.3 Å². The van der Waals surface area contributed by atoms with Crippen molar-refractivity contribution in [3.63, 3.8) is 0 Å². The maximum atomic E-state index is 11.6. The highest BCUT2D eigenvalue weighted by Crippen LogP contribution is 2.18. The van der Waals surface area contributed by atoms with E-state index in [4.69, 9.17) is 9.62 Å². The maximum absolute atomic E-state index is 11.6. The Hall–Kier alpha value is -1.55. The van der Waals surface area contributed by atoms with Gasteiger partial charge >= 0.3 is 5.97 Å². The van der Waals surface area contributed by atoms with E-state index in [9.17, 15) is 4.79 Å². The predicted octanol–water partition coefficient (Wildman–Crippen LogP) is 3.77. The zero-order valence-corrected chi connectivity index (χ0v) is 11.9. The van der Waals surface area contributed by atoms with E-state index in [0.717, 1.165) is 12.2 Å². The van der Waals surface area contributed by atoms with Gasteiger partial charge in [-0.25, -0.2) is 4.79 Å². The summed E-state index contributed by atoms with van der Waals surface area (Å²) >= 11 is 0. The van der Waals surface area contributed by atoms with Crippen LogP contribution < -0.4 is 4.74 Å². The quantitative estimate of drug-likeness (QED) is 0.580. The molecule has 0 aromatic heterocycles. The van der Waals surface area contributed by atoms with Crippen LogP contribution >= 0.6 is 0 Å². The smallest absolute Gasteiger partial charge is 0.373 e. The lowest BCUT2D eigenvalue weighted by Crippen LogP contribution is -2.12. The average Bonchev–Trinajstić information content (AvgIpc) is 2.35. The molecule has 0 atom stereocenters. The van der Waals surface area contributed by atoms with E-state index in [1.54, 1.807) is 24.3 Å². The zero-order chi connectivity index (χ0) is 14.3. The maximum Gasteiger partial charge on any atom is 0.373 e. The van der Waals surface area contributed by atoms with Crippen LogP contribution in [-0.2, 0) is 9.78 Å². The van der Waals surface area contributed by atoms with Crippen LogP contribution in [0.25, 0.3) is 0 Å². The number of benzene rings is 1. The van der Waals surface area contributed by atoms with Crippen molar-refractivity contribution in [2.24, 2.45) is 5.41 Å². The number of ether oxygens (including phenoxy) is 1. The number of carbonyl (C=O) groups excluding carboxylic acids is 1. The summed E-state index contributed by atoms with van der Waals surface area (Å²) in [5.41, 5.74) is 0.254. The molecule has 4 heteroatoms. The minimum atomic E-state index is -0.525. The number of hydrogen-bond donors (Lipinski definition) is 0. The van der Waals surface area contributed by atoms with E-state index in [1.165, 1.54) is 6.61 Å². The molecule has 0 spiro atoms. The van der Waals surface area contributed by atoms with Gasteiger partial charge < -0.3 is 4.74 Å². The van der Waals surface area contributed by atoms with Gasteiger partial charge in [0.25, 0.3) is 0 Å². The molecule has 105 valence electrons. The minimum Gasteiger partial charge on any atom is -0.494 e. The van der Waals surface area contributed by atoms with Crippen molar-refractivity contribution in [3.8, 4) is 5.75 Å². The van der Waals surface area contributed by atoms with E-state index in [1.807, 2.05) is 27.7 Å². The molecule has 0 aliphatic rings. The Kier molecular flexibility index (Phi) is 5.83. The first-order chi connectivity index (χ1) is 8.92. The van der Waals surface area contributed by atoms with Crippen molar-refractivity contribution in [1.29, 1.82) is 0 Å². The number of carbonyl (C=O) groups is 1. The van der Waals surface area contributed by atoms with Gasteiger partial charge in [-0.3, -0.25) is 4.89 Å². The predicted molar refractivity (Wildman–Crippen MR) is 72.5 cm³/mol. The van der Waals surface area contributed by atoms with Gasteiger partial charge in [0.2, 0.25) is 0 Å². The first-order valence-corrected chi connectivity index (χ1v) is 6.37. The summed E-state index contributed by atoms with van der Waals surface area (Å²) in [5.74, 6) is 0.211. The van der Waals surface area contributed by atoms with Crippen LogP contribution in [0.5, 0.6) is 5.75 Å². The highest BCUT2D eigenvalue weighted by molar-refractivity contribution is 5.89. The molecule has 19 heavy (non-hydrogen) atoms. The Morgan fingerprint density at radius 2 is 1.84 bits per heavy atom. The van der Waals surface area contributed by atoms with E-state index in [2.05, 4.69) is 4.89 Å². The first-order valence-electron chi connectivity index (χ1n) is 6.37. The molecule has 0 aliphatic heterocycles. The van der Waals surface area contributed by atoms with Crippen LogP contribution in [0.2, 0.25) is 0 Å². The summed E-state index contributed by atoms with van der Waals surface area (Å²) in [5, 5.41) is 0. The molecule has 1 radical (unpaired) electrons. The molecular formula is C15H21O4. The van der Waals surface area contributed by atoms with Gasteiger partial charge in [-0.15, -0.1) is 0 Å². The molecule has 0 bridgehead atoms. The first kappa shape index (κ1) is 15.5. The standard InChI is InChI=1S/C15H21O4/c1-5-10-17-13-8-6-12(7-9-13)14(16)19-18-11-15(2,3)4/h6-9,11H,5,10H2,1-4H3. The van der Waals surface area contributed by atoms with Crippen LogP contribution in [0.4, 0.5) is 0 Å². The fraction of sp³-hybridized carbons (Fsp3) is 0.467. The minimum absolute atomic E-state index is 0.169. The van der Waals surface area contributed by atoms with Gasteiger partial charge in [-0.2, -0.15) is 4.89 Å². The lowest BCUT2D eigenvalue weighted by Gasteiger charge is -2.15. The molecule has 0 heterocycles. The van der Waals surface area contributed by atoms with Gasteiger partial charge in [0.15, 0.2) is 0 Å². The summed E-state index contributed by atoms with van der Waals surface area (Å²) in [7, 11) is 0. The largest absolute Gasteiger partial charge is 0.494 e. The third kappa shape index (κ3) is 6.25. The second-order valence-corrected chi connectivity index (χ2v) is 5.32. The molecule has 1 rings (SSSR count). The number of hydrogen-bond acceptors (Lipinski definition) is 4. The lowest BCUT2D eigenvalue weighted by atomic mass is 9.99. The normalized spacial score (nSPS) is 11.2. The number of rotatable bonds is 6. The Bertz CT molecular complexity index is 390. The molecule has 1 aromatic carbocycles. The van der Waals surface area contributed by atoms with Crippen LogP contribution in [0.15, 0.2) is 24.3 Å².